The topological polar surface area (TPSA) is 54.0 Å². The van der Waals surface area contributed by atoms with E-state index in [2.05, 4.69) is 15.1 Å². The van der Waals surface area contributed by atoms with Crippen LogP contribution in [0, 0.1) is 5.82 Å². The van der Waals surface area contributed by atoms with Gasteiger partial charge in [-0.25, -0.2) is 4.39 Å². The molecule has 0 amide bonds. The highest BCUT2D eigenvalue weighted by Crippen LogP contribution is 2.16. The van der Waals surface area contributed by atoms with Crippen LogP contribution in [0.15, 0.2) is 58.7 Å². The Labute approximate surface area is 164 Å². The molecule has 1 aliphatic heterocycles. The zero-order valence-electron chi connectivity index (χ0n) is 15.4. The van der Waals surface area contributed by atoms with E-state index in [-0.39, 0.29) is 5.82 Å². The molecule has 0 radical (unpaired) electrons. The van der Waals surface area contributed by atoms with E-state index >= 15 is 0 Å². The molecule has 1 fully saturated rings. The Balaban J connectivity index is 1.52. The Morgan fingerprint density at radius 1 is 1.11 bits per heavy atom. The van der Waals surface area contributed by atoms with Crippen LogP contribution in [0.4, 0.5) is 4.39 Å². The molecule has 0 atom stereocenters. The summed E-state index contributed by atoms with van der Waals surface area (Å²) in [5.41, 5.74) is 8.45. The average Bonchev–Trinajstić information content (AvgIpc) is 2.70. The first-order chi connectivity index (χ1) is 13.2. The molecule has 2 N–H and O–H groups in total. The minimum absolute atomic E-state index is 0.195. The van der Waals surface area contributed by atoms with E-state index in [1.165, 1.54) is 48.9 Å². The van der Waals surface area contributed by atoms with Gasteiger partial charge in [0.2, 0.25) is 0 Å². The van der Waals surface area contributed by atoms with Crippen molar-refractivity contribution < 1.29 is 4.39 Å². The molecular weight excluding hydrogens is 359 g/mol. The molecule has 2 aromatic carbocycles. The van der Waals surface area contributed by atoms with Crippen molar-refractivity contribution in [3.05, 3.63) is 71.0 Å². The highest BCUT2D eigenvalue weighted by atomic mass is 32.2. The minimum atomic E-state index is -0.195. The molecule has 6 heteroatoms. The molecule has 0 spiro atoms. The molecule has 2 aromatic rings. The van der Waals surface area contributed by atoms with Gasteiger partial charge in [-0.1, -0.05) is 60.6 Å². The van der Waals surface area contributed by atoms with Gasteiger partial charge >= 0.3 is 0 Å². The zero-order valence-corrected chi connectivity index (χ0v) is 16.2. The first-order valence-corrected chi connectivity index (χ1v) is 10.2. The summed E-state index contributed by atoms with van der Waals surface area (Å²) < 4.78 is 14.3. The predicted molar refractivity (Wildman–Crippen MR) is 112 cm³/mol. The largest absolute Gasteiger partial charge is 0.377 e. The van der Waals surface area contributed by atoms with Crippen molar-refractivity contribution in [2.24, 2.45) is 15.9 Å². The number of hydrogen-bond acceptors (Lipinski definition) is 4. The van der Waals surface area contributed by atoms with Crippen molar-refractivity contribution in [1.82, 2.24) is 4.90 Å². The quantitative estimate of drug-likeness (QED) is 0.456. The Morgan fingerprint density at radius 2 is 1.89 bits per heavy atom. The maximum Gasteiger partial charge on any atom is 0.180 e. The van der Waals surface area contributed by atoms with Gasteiger partial charge in [0.1, 0.15) is 5.82 Å². The fraction of sp³-hybridized carbons (Fsp3) is 0.333. The molecule has 27 heavy (non-hydrogen) atoms. The molecule has 0 bridgehead atoms. The van der Waals surface area contributed by atoms with E-state index in [4.69, 9.17) is 5.73 Å². The fourth-order valence-corrected chi connectivity index (χ4v) is 3.66. The summed E-state index contributed by atoms with van der Waals surface area (Å²) in [6, 6.07) is 15.3. The Morgan fingerprint density at radius 3 is 2.63 bits per heavy atom. The molecule has 0 saturated carbocycles. The third-order valence-electron chi connectivity index (χ3n) is 4.51. The Hall–Kier alpha value is -2.18. The lowest BCUT2D eigenvalue weighted by atomic mass is 10.1. The maximum atomic E-state index is 14.3. The number of nitrogens with zero attached hydrogens (tertiary/aromatic N) is 3. The van der Waals surface area contributed by atoms with E-state index in [0.29, 0.717) is 17.3 Å². The van der Waals surface area contributed by atoms with Crippen LogP contribution in [0.2, 0.25) is 0 Å². The summed E-state index contributed by atoms with van der Waals surface area (Å²) in [4.78, 5) is 2.31. The smallest absolute Gasteiger partial charge is 0.180 e. The van der Waals surface area contributed by atoms with Crippen molar-refractivity contribution in [2.75, 3.05) is 13.1 Å². The maximum absolute atomic E-state index is 14.3. The van der Waals surface area contributed by atoms with Crippen molar-refractivity contribution in [1.29, 1.82) is 0 Å². The molecule has 142 valence electrons. The minimum Gasteiger partial charge on any atom is -0.377 e. The van der Waals surface area contributed by atoms with Gasteiger partial charge in [-0.2, -0.15) is 5.10 Å². The zero-order chi connectivity index (χ0) is 18.9. The van der Waals surface area contributed by atoms with Crippen LogP contribution >= 0.6 is 11.8 Å². The van der Waals surface area contributed by atoms with E-state index in [1.54, 1.807) is 0 Å². The number of rotatable bonds is 6. The van der Waals surface area contributed by atoms with Crippen molar-refractivity contribution in [3.8, 4) is 0 Å². The second kappa shape index (κ2) is 10.2. The highest BCUT2D eigenvalue weighted by Gasteiger charge is 2.12. The monoisotopic (exact) mass is 384 g/mol. The number of nitrogens with two attached hydrogens (primary N) is 1. The third-order valence-corrected chi connectivity index (χ3v) is 5.37. The second-order valence-corrected chi connectivity index (χ2v) is 7.64. The van der Waals surface area contributed by atoms with Gasteiger partial charge in [0.25, 0.3) is 0 Å². The first-order valence-electron chi connectivity index (χ1n) is 9.25. The standard InChI is InChI=1S/C21H25FN4S/c22-20-13-18(9-10-19(20)15-26-11-5-2-6-12-26)14-24-25-21(23)27-16-17-7-3-1-4-8-17/h1,3-4,7-10,13-14H,2,5-6,11-12,15-16H2,(H2,23,25). The van der Waals surface area contributed by atoms with E-state index in [0.717, 1.165) is 24.4 Å². The molecule has 0 unspecified atom stereocenters. The Bertz CT molecular complexity index is 786. The predicted octanol–water partition coefficient (Wildman–Crippen LogP) is 4.39. The van der Waals surface area contributed by atoms with Crippen LogP contribution in [0.25, 0.3) is 0 Å². The van der Waals surface area contributed by atoms with E-state index < -0.39 is 0 Å². The lowest BCUT2D eigenvalue weighted by molar-refractivity contribution is 0.218. The number of amidine groups is 1. The molecule has 3 rings (SSSR count). The van der Waals surface area contributed by atoms with Crippen LogP contribution in [0.3, 0.4) is 0 Å². The summed E-state index contributed by atoms with van der Waals surface area (Å²) in [6.45, 7) is 2.78. The van der Waals surface area contributed by atoms with E-state index in [9.17, 15) is 4.39 Å². The lowest BCUT2D eigenvalue weighted by Gasteiger charge is -2.26. The number of halogens is 1. The van der Waals surface area contributed by atoms with Gasteiger partial charge in [-0.05, 0) is 43.1 Å². The molecular formula is C21H25FN4S. The number of benzene rings is 2. The van der Waals surface area contributed by atoms with Crippen LogP contribution < -0.4 is 5.73 Å². The van der Waals surface area contributed by atoms with Gasteiger partial charge in [-0.15, -0.1) is 5.10 Å². The molecule has 1 saturated heterocycles. The number of hydrogen-bond donors (Lipinski definition) is 1. The molecule has 1 aliphatic rings. The number of thioether (sulfide) groups is 1. The van der Waals surface area contributed by atoms with Crippen LogP contribution in [-0.4, -0.2) is 29.4 Å². The van der Waals surface area contributed by atoms with Crippen LogP contribution in [0.1, 0.15) is 36.0 Å². The van der Waals surface area contributed by atoms with Gasteiger partial charge in [0.05, 0.1) is 6.21 Å². The summed E-state index contributed by atoms with van der Waals surface area (Å²) in [7, 11) is 0. The van der Waals surface area contributed by atoms with Gasteiger partial charge in [-0.3, -0.25) is 4.90 Å². The Kier molecular flexibility index (Phi) is 7.42. The lowest BCUT2D eigenvalue weighted by Crippen LogP contribution is -2.29. The third kappa shape index (κ3) is 6.48. The van der Waals surface area contributed by atoms with Crippen LogP contribution in [-0.2, 0) is 12.3 Å². The summed E-state index contributed by atoms with van der Waals surface area (Å²) >= 11 is 1.42. The van der Waals surface area contributed by atoms with E-state index in [1.807, 2.05) is 42.5 Å². The molecule has 4 nitrogen and oxygen atoms in total. The van der Waals surface area contributed by atoms with Crippen molar-refractivity contribution in [2.45, 2.75) is 31.6 Å². The van der Waals surface area contributed by atoms with Gasteiger partial charge < -0.3 is 5.73 Å². The molecule has 0 aromatic heterocycles. The number of likely N-dealkylation sites (tertiary alicyclic amines) is 1. The fourth-order valence-electron chi connectivity index (χ4n) is 3.04. The SMILES string of the molecule is NC(=NN=Cc1ccc(CN2CCCCC2)c(F)c1)SCc1ccccc1. The van der Waals surface area contributed by atoms with Crippen LogP contribution in [0.5, 0.6) is 0 Å². The first kappa shape index (κ1) is 19.6. The second-order valence-electron chi connectivity index (χ2n) is 6.64. The van der Waals surface area contributed by atoms with Crippen molar-refractivity contribution in [3.63, 3.8) is 0 Å². The van der Waals surface area contributed by atoms with Crippen molar-refractivity contribution >= 4 is 23.1 Å². The summed E-state index contributed by atoms with van der Waals surface area (Å²) in [6.07, 6.45) is 5.22. The normalized spacial score (nSPS) is 16.1. The van der Waals surface area contributed by atoms with Gasteiger partial charge in [0, 0.05) is 17.9 Å². The highest BCUT2D eigenvalue weighted by molar-refractivity contribution is 8.13. The summed E-state index contributed by atoms with van der Waals surface area (Å²) in [5, 5.41) is 8.34. The number of piperidine rings is 1. The average molecular weight is 385 g/mol. The molecule has 0 aliphatic carbocycles. The van der Waals surface area contributed by atoms with Gasteiger partial charge in [0.15, 0.2) is 5.17 Å². The summed E-state index contributed by atoms with van der Waals surface area (Å²) in [5.74, 6) is 0.547. The molecule has 1 heterocycles.